The monoisotopic (exact) mass is 254 g/mol. The molecule has 3 aromatic rings. The summed E-state index contributed by atoms with van der Waals surface area (Å²) < 4.78 is 10.9. The zero-order chi connectivity index (χ0) is 13.4. The first-order valence-electron chi connectivity index (χ1n) is 5.99. The minimum absolute atomic E-state index is 0.532. The first-order valence-corrected chi connectivity index (χ1v) is 5.99. The molecular formula is C15H14N2O2. The van der Waals surface area contributed by atoms with Crippen LogP contribution in [0.2, 0.25) is 0 Å². The van der Waals surface area contributed by atoms with Crippen LogP contribution in [-0.2, 0) is 0 Å². The number of fused-ring (bicyclic) bond motifs is 1. The summed E-state index contributed by atoms with van der Waals surface area (Å²) in [4.78, 5) is 4.46. The number of nitrogens with zero attached hydrogens (tertiary/aromatic N) is 1. The van der Waals surface area contributed by atoms with Crippen molar-refractivity contribution in [2.24, 2.45) is 0 Å². The van der Waals surface area contributed by atoms with Crippen molar-refractivity contribution in [3.8, 4) is 17.2 Å². The predicted octanol–water partition coefficient (Wildman–Crippen LogP) is 3.39. The van der Waals surface area contributed by atoms with Gasteiger partial charge in [0, 0.05) is 11.8 Å². The van der Waals surface area contributed by atoms with Crippen molar-refractivity contribution in [2.75, 3.05) is 12.8 Å². The van der Waals surface area contributed by atoms with Crippen LogP contribution in [0.3, 0.4) is 0 Å². The Kier molecular flexibility index (Phi) is 2.63. The molecule has 2 aromatic carbocycles. The van der Waals surface area contributed by atoms with E-state index in [1.165, 1.54) is 0 Å². The molecule has 0 aliphatic rings. The molecule has 2 N–H and O–H groups in total. The van der Waals surface area contributed by atoms with E-state index >= 15 is 0 Å². The Balaban J connectivity index is 2.18. The van der Waals surface area contributed by atoms with Gasteiger partial charge in [-0.3, -0.25) is 0 Å². The van der Waals surface area contributed by atoms with E-state index in [0.717, 1.165) is 22.4 Å². The average Bonchev–Trinajstić information content (AvgIpc) is 2.84. The fourth-order valence-corrected chi connectivity index (χ4v) is 2.01. The molecule has 0 unspecified atom stereocenters. The number of benzene rings is 2. The second-order valence-electron chi connectivity index (χ2n) is 4.39. The molecule has 0 atom stereocenters. The first kappa shape index (κ1) is 11.6. The highest BCUT2D eigenvalue weighted by atomic mass is 16.5. The standard InChI is InChI=1S/C15H14N2O2/c1-9-4-3-5-11(14(9)16)15-17-12-7-6-10(18-2)8-13(12)19-15/h3-8H,16H2,1-2H3. The van der Waals surface area contributed by atoms with E-state index in [1.807, 2.05) is 43.3 Å². The third kappa shape index (κ3) is 1.91. The number of nitrogens with two attached hydrogens (primary N) is 1. The number of hydrogen-bond donors (Lipinski definition) is 1. The molecule has 1 aromatic heterocycles. The van der Waals surface area contributed by atoms with Crippen LogP contribution in [0.4, 0.5) is 5.69 Å². The number of methoxy groups -OCH3 is 1. The Morgan fingerprint density at radius 3 is 2.84 bits per heavy atom. The number of anilines is 1. The van der Waals surface area contributed by atoms with Crippen LogP contribution in [0.25, 0.3) is 22.6 Å². The minimum atomic E-state index is 0.532. The lowest BCUT2D eigenvalue weighted by molar-refractivity contribution is 0.414. The maximum atomic E-state index is 6.07. The highest BCUT2D eigenvalue weighted by Gasteiger charge is 2.12. The van der Waals surface area contributed by atoms with Gasteiger partial charge in [0.15, 0.2) is 5.58 Å². The largest absolute Gasteiger partial charge is 0.497 e. The molecule has 4 heteroatoms. The smallest absolute Gasteiger partial charge is 0.229 e. The maximum Gasteiger partial charge on any atom is 0.229 e. The Bertz CT molecular complexity index is 747. The van der Waals surface area contributed by atoms with Gasteiger partial charge in [0.2, 0.25) is 5.89 Å². The highest BCUT2D eigenvalue weighted by molar-refractivity contribution is 5.81. The molecular weight excluding hydrogens is 240 g/mol. The van der Waals surface area contributed by atoms with Crippen molar-refractivity contribution in [2.45, 2.75) is 6.92 Å². The predicted molar refractivity (Wildman–Crippen MR) is 75.1 cm³/mol. The molecule has 3 rings (SSSR count). The van der Waals surface area contributed by atoms with E-state index in [1.54, 1.807) is 7.11 Å². The third-order valence-corrected chi connectivity index (χ3v) is 3.15. The second kappa shape index (κ2) is 4.31. The molecule has 0 spiro atoms. The van der Waals surface area contributed by atoms with Gasteiger partial charge in [-0.05, 0) is 30.7 Å². The van der Waals surface area contributed by atoms with Crippen LogP contribution in [0.1, 0.15) is 5.56 Å². The summed E-state index contributed by atoms with van der Waals surface area (Å²) in [6.07, 6.45) is 0. The summed E-state index contributed by atoms with van der Waals surface area (Å²) in [5.41, 5.74) is 10.1. The van der Waals surface area contributed by atoms with Crippen molar-refractivity contribution in [1.82, 2.24) is 4.98 Å². The third-order valence-electron chi connectivity index (χ3n) is 3.15. The first-order chi connectivity index (χ1) is 9.19. The Morgan fingerprint density at radius 1 is 1.21 bits per heavy atom. The van der Waals surface area contributed by atoms with E-state index in [-0.39, 0.29) is 0 Å². The lowest BCUT2D eigenvalue weighted by atomic mass is 10.1. The van der Waals surface area contributed by atoms with Gasteiger partial charge in [0.05, 0.1) is 12.7 Å². The zero-order valence-corrected chi connectivity index (χ0v) is 10.8. The van der Waals surface area contributed by atoms with Crippen LogP contribution in [-0.4, -0.2) is 12.1 Å². The Labute approximate surface area is 110 Å². The summed E-state index contributed by atoms with van der Waals surface area (Å²) >= 11 is 0. The maximum absolute atomic E-state index is 6.07. The number of para-hydroxylation sites is 1. The van der Waals surface area contributed by atoms with Gasteiger partial charge in [-0.1, -0.05) is 12.1 Å². The average molecular weight is 254 g/mol. The molecule has 19 heavy (non-hydrogen) atoms. The molecule has 4 nitrogen and oxygen atoms in total. The lowest BCUT2D eigenvalue weighted by Crippen LogP contribution is -1.93. The number of rotatable bonds is 2. The summed E-state index contributed by atoms with van der Waals surface area (Å²) in [6, 6.07) is 11.4. The molecule has 0 fully saturated rings. The van der Waals surface area contributed by atoms with Crippen molar-refractivity contribution in [3.05, 3.63) is 42.0 Å². The molecule has 0 amide bonds. The van der Waals surface area contributed by atoms with E-state index < -0.39 is 0 Å². The van der Waals surface area contributed by atoms with Gasteiger partial charge >= 0.3 is 0 Å². The quantitative estimate of drug-likeness (QED) is 0.712. The van der Waals surface area contributed by atoms with Crippen LogP contribution >= 0.6 is 0 Å². The van der Waals surface area contributed by atoms with Gasteiger partial charge in [0.1, 0.15) is 11.3 Å². The molecule has 0 saturated carbocycles. The SMILES string of the molecule is COc1ccc2nc(-c3cccc(C)c3N)oc2c1. The van der Waals surface area contributed by atoms with Crippen molar-refractivity contribution < 1.29 is 9.15 Å². The molecule has 0 bridgehead atoms. The highest BCUT2D eigenvalue weighted by Crippen LogP contribution is 2.31. The number of hydrogen-bond acceptors (Lipinski definition) is 4. The molecule has 0 aliphatic carbocycles. The molecule has 0 radical (unpaired) electrons. The van der Waals surface area contributed by atoms with Crippen LogP contribution < -0.4 is 10.5 Å². The van der Waals surface area contributed by atoms with Crippen molar-refractivity contribution >= 4 is 16.8 Å². The fraction of sp³-hybridized carbons (Fsp3) is 0.133. The summed E-state index contributed by atoms with van der Waals surface area (Å²) in [6.45, 7) is 1.96. The van der Waals surface area contributed by atoms with Crippen molar-refractivity contribution in [1.29, 1.82) is 0 Å². The van der Waals surface area contributed by atoms with Gasteiger partial charge in [-0.15, -0.1) is 0 Å². The van der Waals surface area contributed by atoms with E-state index in [4.69, 9.17) is 14.9 Å². The normalized spacial score (nSPS) is 10.8. The van der Waals surface area contributed by atoms with Gasteiger partial charge < -0.3 is 14.9 Å². The molecule has 96 valence electrons. The van der Waals surface area contributed by atoms with Gasteiger partial charge in [-0.25, -0.2) is 4.98 Å². The number of oxazole rings is 1. The van der Waals surface area contributed by atoms with Crippen molar-refractivity contribution in [3.63, 3.8) is 0 Å². The molecule has 1 heterocycles. The lowest BCUT2D eigenvalue weighted by Gasteiger charge is -2.03. The number of ether oxygens (including phenoxy) is 1. The number of nitrogen functional groups attached to an aromatic ring is 1. The van der Waals surface area contributed by atoms with Gasteiger partial charge in [0.25, 0.3) is 0 Å². The summed E-state index contributed by atoms with van der Waals surface area (Å²) in [7, 11) is 1.62. The van der Waals surface area contributed by atoms with Gasteiger partial charge in [-0.2, -0.15) is 0 Å². The molecule has 0 saturated heterocycles. The number of aryl methyl sites for hydroxylation is 1. The van der Waals surface area contributed by atoms with Crippen LogP contribution in [0, 0.1) is 6.92 Å². The fourth-order valence-electron chi connectivity index (χ4n) is 2.01. The number of aromatic nitrogens is 1. The second-order valence-corrected chi connectivity index (χ2v) is 4.39. The Hall–Kier alpha value is -2.49. The van der Waals surface area contributed by atoms with Crippen LogP contribution in [0.15, 0.2) is 40.8 Å². The van der Waals surface area contributed by atoms with Crippen LogP contribution in [0.5, 0.6) is 5.75 Å². The van der Waals surface area contributed by atoms with E-state index in [0.29, 0.717) is 17.2 Å². The minimum Gasteiger partial charge on any atom is -0.497 e. The summed E-state index contributed by atoms with van der Waals surface area (Å²) in [5.74, 6) is 1.27. The van der Waals surface area contributed by atoms with E-state index in [9.17, 15) is 0 Å². The molecule has 0 aliphatic heterocycles. The zero-order valence-electron chi connectivity index (χ0n) is 10.8. The summed E-state index contributed by atoms with van der Waals surface area (Å²) in [5, 5.41) is 0. The van der Waals surface area contributed by atoms with E-state index in [2.05, 4.69) is 4.98 Å². The Morgan fingerprint density at radius 2 is 2.05 bits per heavy atom. The topological polar surface area (TPSA) is 61.3 Å².